The zero-order chi connectivity index (χ0) is 14.2. The first-order valence-corrected chi connectivity index (χ1v) is 7.91. The van der Waals surface area contributed by atoms with Crippen molar-refractivity contribution < 1.29 is 9.47 Å². The summed E-state index contributed by atoms with van der Waals surface area (Å²) < 4.78 is 11.4. The Morgan fingerprint density at radius 3 is 2.70 bits per heavy atom. The van der Waals surface area contributed by atoms with Gasteiger partial charge in [0.15, 0.2) is 0 Å². The summed E-state index contributed by atoms with van der Waals surface area (Å²) in [5.74, 6) is 0.953. The van der Waals surface area contributed by atoms with Crippen molar-refractivity contribution >= 4 is 0 Å². The lowest BCUT2D eigenvalue weighted by Crippen LogP contribution is -2.28. The molecule has 0 aromatic heterocycles. The zero-order valence-electron chi connectivity index (χ0n) is 12.7. The SMILES string of the molecule is CCCNC(CC)c1ccc(OC2CCCOC2)cc1. The molecule has 1 aliphatic heterocycles. The lowest BCUT2D eigenvalue weighted by Gasteiger charge is -2.23. The minimum Gasteiger partial charge on any atom is -0.488 e. The quantitative estimate of drug-likeness (QED) is 0.824. The third-order valence-electron chi connectivity index (χ3n) is 3.75. The van der Waals surface area contributed by atoms with Crippen molar-refractivity contribution in [1.29, 1.82) is 0 Å². The van der Waals surface area contributed by atoms with E-state index in [1.54, 1.807) is 0 Å². The fraction of sp³-hybridized carbons (Fsp3) is 0.647. The average Bonchev–Trinajstić information content (AvgIpc) is 2.50. The average molecular weight is 277 g/mol. The normalized spacial score (nSPS) is 20.6. The van der Waals surface area contributed by atoms with E-state index in [9.17, 15) is 0 Å². The Kier molecular flexibility index (Phi) is 6.34. The van der Waals surface area contributed by atoms with Crippen LogP contribution in [0.25, 0.3) is 0 Å². The Labute approximate surface area is 122 Å². The maximum Gasteiger partial charge on any atom is 0.122 e. The molecule has 0 amide bonds. The first-order valence-electron chi connectivity index (χ1n) is 7.91. The molecule has 2 rings (SSSR count). The number of benzene rings is 1. The molecule has 1 aliphatic rings. The molecule has 20 heavy (non-hydrogen) atoms. The largest absolute Gasteiger partial charge is 0.488 e. The van der Waals surface area contributed by atoms with E-state index in [2.05, 4.69) is 43.4 Å². The topological polar surface area (TPSA) is 30.5 Å². The maximum atomic E-state index is 5.96. The Hall–Kier alpha value is -1.06. The minimum absolute atomic E-state index is 0.217. The van der Waals surface area contributed by atoms with Gasteiger partial charge in [-0.3, -0.25) is 0 Å². The zero-order valence-corrected chi connectivity index (χ0v) is 12.7. The van der Waals surface area contributed by atoms with E-state index in [0.717, 1.165) is 44.8 Å². The molecule has 0 aliphatic carbocycles. The Bertz CT molecular complexity index is 371. The standard InChI is InChI=1S/C17H27NO2/c1-3-11-18-17(4-2)14-7-9-15(10-8-14)20-16-6-5-12-19-13-16/h7-10,16-18H,3-6,11-13H2,1-2H3. The molecule has 3 heteroatoms. The van der Waals surface area contributed by atoms with E-state index in [0.29, 0.717) is 6.04 Å². The fourth-order valence-corrected chi connectivity index (χ4v) is 2.59. The first-order chi connectivity index (χ1) is 9.83. The molecule has 0 saturated carbocycles. The molecule has 1 fully saturated rings. The number of hydrogen-bond donors (Lipinski definition) is 1. The highest BCUT2D eigenvalue weighted by molar-refractivity contribution is 5.29. The predicted molar refractivity (Wildman–Crippen MR) is 82.2 cm³/mol. The third kappa shape index (κ3) is 4.50. The molecule has 1 heterocycles. The van der Waals surface area contributed by atoms with Gasteiger partial charge in [-0.25, -0.2) is 0 Å². The van der Waals surface area contributed by atoms with E-state index in [-0.39, 0.29) is 6.10 Å². The van der Waals surface area contributed by atoms with Gasteiger partial charge >= 0.3 is 0 Å². The molecule has 2 atom stereocenters. The maximum absolute atomic E-state index is 5.96. The highest BCUT2D eigenvalue weighted by Gasteiger charge is 2.15. The van der Waals surface area contributed by atoms with Crippen molar-refractivity contribution in [2.75, 3.05) is 19.8 Å². The van der Waals surface area contributed by atoms with Crippen LogP contribution in [0.5, 0.6) is 5.75 Å². The van der Waals surface area contributed by atoms with E-state index in [1.807, 2.05) is 0 Å². The molecule has 1 aromatic carbocycles. The molecule has 0 bridgehead atoms. The van der Waals surface area contributed by atoms with Crippen LogP contribution in [0.1, 0.15) is 51.1 Å². The van der Waals surface area contributed by atoms with Gasteiger partial charge < -0.3 is 14.8 Å². The van der Waals surface area contributed by atoms with Crippen molar-refractivity contribution in [2.24, 2.45) is 0 Å². The minimum atomic E-state index is 0.217. The smallest absolute Gasteiger partial charge is 0.122 e. The van der Waals surface area contributed by atoms with Crippen molar-refractivity contribution in [3.05, 3.63) is 29.8 Å². The van der Waals surface area contributed by atoms with Crippen LogP contribution in [0.4, 0.5) is 0 Å². The molecular formula is C17H27NO2. The Balaban J connectivity index is 1.90. The molecule has 1 aromatic rings. The van der Waals surface area contributed by atoms with Gasteiger partial charge in [0.1, 0.15) is 11.9 Å². The molecule has 3 nitrogen and oxygen atoms in total. The van der Waals surface area contributed by atoms with Crippen LogP contribution in [0.15, 0.2) is 24.3 Å². The molecule has 2 unspecified atom stereocenters. The number of hydrogen-bond acceptors (Lipinski definition) is 3. The summed E-state index contributed by atoms with van der Waals surface area (Å²) in [5, 5.41) is 3.58. The van der Waals surface area contributed by atoms with Crippen LogP contribution in [-0.2, 0) is 4.74 Å². The van der Waals surface area contributed by atoms with E-state index in [1.165, 1.54) is 12.0 Å². The van der Waals surface area contributed by atoms with Gasteiger partial charge in [0.05, 0.1) is 6.61 Å². The predicted octanol–water partition coefficient (Wildman–Crippen LogP) is 3.70. The van der Waals surface area contributed by atoms with Crippen molar-refractivity contribution in [3.63, 3.8) is 0 Å². The van der Waals surface area contributed by atoms with Crippen LogP contribution in [0.2, 0.25) is 0 Å². The second-order valence-corrected chi connectivity index (χ2v) is 5.44. The first kappa shape index (κ1) is 15.3. The summed E-state index contributed by atoms with van der Waals surface area (Å²) >= 11 is 0. The van der Waals surface area contributed by atoms with E-state index >= 15 is 0 Å². The van der Waals surface area contributed by atoms with Crippen LogP contribution >= 0.6 is 0 Å². The second-order valence-electron chi connectivity index (χ2n) is 5.44. The molecule has 1 N–H and O–H groups in total. The summed E-state index contributed by atoms with van der Waals surface area (Å²) in [6.07, 6.45) is 4.68. The Morgan fingerprint density at radius 1 is 1.30 bits per heavy atom. The van der Waals surface area contributed by atoms with E-state index < -0.39 is 0 Å². The molecular weight excluding hydrogens is 250 g/mol. The Morgan fingerprint density at radius 2 is 2.10 bits per heavy atom. The summed E-state index contributed by atoms with van der Waals surface area (Å²) in [6, 6.07) is 8.97. The van der Waals surface area contributed by atoms with Crippen LogP contribution in [0.3, 0.4) is 0 Å². The molecule has 0 spiro atoms. The monoisotopic (exact) mass is 277 g/mol. The summed E-state index contributed by atoms with van der Waals surface area (Å²) in [7, 11) is 0. The molecule has 112 valence electrons. The fourth-order valence-electron chi connectivity index (χ4n) is 2.59. The van der Waals surface area contributed by atoms with Gasteiger partial charge in [-0.1, -0.05) is 26.0 Å². The van der Waals surface area contributed by atoms with Crippen molar-refractivity contribution in [1.82, 2.24) is 5.32 Å². The lowest BCUT2D eigenvalue weighted by molar-refractivity contribution is 0.00742. The number of nitrogens with one attached hydrogen (secondary N) is 1. The second kappa shape index (κ2) is 8.28. The van der Waals surface area contributed by atoms with Gasteiger partial charge in [0.2, 0.25) is 0 Å². The van der Waals surface area contributed by atoms with Crippen molar-refractivity contribution in [2.45, 2.75) is 51.7 Å². The highest BCUT2D eigenvalue weighted by atomic mass is 16.5. The summed E-state index contributed by atoms with van der Waals surface area (Å²) in [4.78, 5) is 0. The number of rotatable bonds is 7. The van der Waals surface area contributed by atoms with Crippen LogP contribution < -0.4 is 10.1 Å². The molecule has 0 radical (unpaired) electrons. The lowest BCUT2D eigenvalue weighted by atomic mass is 10.0. The van der Waals surface area contributed by atoms with Gasteiger partial charge in [-0.05, 0) is 49.9 Å². The van der Waals surface area contributed by atoms with E-state index in [4.69, 9.17) is 9.47 Å². The third-order valence-corrected chi connectivity index (χ3v) is 3.75. The highest BCUT2D eigenvalue weighted by Crippen LogP contribution is 2.22. The van der Waals surface area contributed by atoms with Gasteiger partial charge in [-0.2, -0.15) is 0 Å². The summed E-state index contributed by atoms with van der Waals surface area (Å²) in [6.45, 7) is 7.08. The van der Waals surface area contributed by atoms with Gasteiger partial charge in [-0.15, -0.1) is 0 Å². The number of ether oxygens (including phenoxy) is 2. The van der Waals surface area contributed by atoms with Crippen LogP contribution in [-0.4, -0.2) is 25.9 Å². The van der Waals surface area contributed by atoms with Gasteiger partial charge in [0.25, 0.3) is 0 Å². The van der Waals surface area contributed by atoms with Gasteiger partial charge in [0, 0.05) is 12.6 Å². The molecule has 1 saturated heterocycles. The van der Waals surface area contributed by atoms with Crippen molar-refractivity contribution in [3.8, 4) is 5.75 Å². The van der Waals surface area contributed by atoms with Crippen LogP contribution in [0, 0.1) is 0 Å². The summed E-state index contributed by atoms with van der Waals surface area (Å²) in [5.41, 5.74) is 1.34.